The molecule has 0 bridgehead atoms. The molecule has 0 atom stereocenters. The highest BCUT2D eigenvalue weighted by Gasteiger charge is 2.17. The van der Waals surface area contributed by atoms with Crippen molar-refractivity contribution in [2.45, 2.75) is 0 Å². The Labute approximate surface area is 154 Å². The Bertz CT molecular complexity index is 908. The summed E-state index contributed by atoms with van der Waals surface area (Å²) in [6.45, 7) is -0.461. The SMILES string of the molecule is O=C(O)CNC(=O)C(=Cc1ccc2c(c1)OCO2)NC(=O)c1ccccc1. The number of rotatable bonds is 6. The van der Waals surface area contributed by atoms with E-state index in [0.717, 1.165) is 0 Å². The first-order valence-electron chi connectivity index (χ1n) is 8.00. The average molecular weight is 368 g/mol. The highest BCUT2D eigenvalue weighted by atomic mass is 16.7. The summed E-state index contributed by atoms with van der Waals surface area (Å²) in [5.74, 6) is -1.31. The quantitative estimate of drug-likeness (QED) is 0.664. The lowest BCUT2D eigenvalue weighted by Gasteiger charge is -2.10. The van der Waals surface area contributed by atoms with Crippen molar-refractivity contribution in [2.24, 2.45) is 0 Å². The molecule has 8 heteroatoms. The van der Waals surface area contributed by atoms with Crippen LogP contribution >= 0.6 is 0 Å². The molecule has 3 rings (SSSR count). The smallest absolute Gasteiger partial charge is 0.322 e. The third-order valence-corrected chi connectivity index (χ3v) is 3.64. The number of nitrogens with one attached hydrogen (secondary N) is 2. The highest BCUT2D eigenvalue weighted by Crippen LogP contribution is 2.33. The van der Waals surface area contributed by atoms with Crippen molar-refractivity contribution in [3.63, 3.8) is 0 Å². The van der Waals surface area contributed by atoms with Gasteiger partial charge in [0.05, 0.1) is 0 Å². The number of carboxylic acid groups (broad SMARTS) is 1. The number of fused-ring (bicyclic) bond motifs is 1. The normalized spacial score (nSPS) is 12.4. The van der Waals surface area contributed by atoms with Crippen LogP contribution < -0.4 is 20.1 Å². The van der Waals surface area contributed by atoms with Gasteiger partial charge < -0.3 is 25.2 Å². The topological polar surface area (TPSA) is 114 Å². The van der Waals surface area contributed by atoms with Gasteiger partial charge in [-0.25, -0.2) is 0 Å². The lowest BCUT2D eigenvalue weighted by atomic mass is 10.1. The number of carbonyl (C=O) groups is 3. The summed E-state index contributed by atoms with van der Waals surface area (Å²) < 4.78 is 10.5. The number of amides is 2. The van der Waals surface area contributed by atoms with Crippen LogP contribution in [0.5, 0.6) is 11.5 Å². The lowest BCUT2D eigenvalue weighted by Crippen LogP contribution is -2.37. The maximum atomic E-state index is 12.4. The first-order valence-corrected chi connectivity index (χ1v) is 8.00. The summed E-state index contributed by atoms with van der Waals surface area (Å²) in [6, 6.07) is 13.4. The second-order valence-electron chi connectivity index (χ2n) is 5.57. The second-order valence-corrected chi connectivity index (χ2v) is 5.57. The lowest BCUT2D eigenvalue weighted by molar-refractivity contribution is -0.137. The molecule has 0 aliphatic carbocycles. The van der Waals surface area contributed by atoms with Crippen LogP contribution in [-0.2, 0) is 9.59 Å². The standard InChI is InChI=1S/C19H16N2O6/c22-17(23)10-20-19(25)14(21-18(24)13-4-2-1-3-5-13)8-12-6-7-15-16(9-12)27-11-26-15/h1-9H,10-11H2,(H,20,25)(H,21,24)(H,22,23). The van der Waals surface area contributed by atoms with Gasteiger partial charge in [-0.3, -0.25) is 14.4 Å². The molecule has 0 aromatic heterocycles. The van der Waals surface area contributed by atoms with Crippen molar-refractivity contribution in [2.75, 3.05) is 13.3 Å². The third kappa shape index (κ3) is 4.63. The molecule has 1 heterocycles. The zero-order chi connectivity index (χ0) is 19.2. The van der Waals surface area contributed by atoms with E-state index in [0.29, 0.717) is 22.6 Å². The molecular weight excluding hydrogens is 352 g/mol. The van der Waals surface area contributed by atoms with Crippen molar-refractivity contribution in [3.05, 3.63) is 65.4 Å². The van der Waals surface area contributed by atoms with Crippen molar-refractivity contribution >= 4 is 23.9 Å². The minimum Gasteiger partial charge on any atom is -0.480 e. The molecule has 138 valence electrons. The van der Waals surface area contributed by atoms with Crippen molar-refractivity contribution in [3.8, 4) is 11.5 Å². The first kappa shape index (κ1) is 18.0. The van der Waals surface area contributed by atoms with Crippen molar-refractivity contribution in [1.82, 2.24) is 10.6 Å². The monoisotopic (exact) mass is 368 g/mol. The van der Waals surface area contributed by atoms with Crippen molar-refractivity contribution < 1.29 is 29.0 Å². The minimum atomic E-state index is -1.19. The van der Waals surface area contributed by atoms with E-state index in [1.54, 1.807) is 48.5 Å². The molecule has 8 nitrogen and oxygen atoms in total. The average Bonchev–Trinajstić information content (AvgIpc) is 3.14. The van der Waals surface area contributed by atoms with E-state index >= 15 is 0 Å². The molecule has 0 saturated carbocycles. The summed E-state index contributed by atoms with van der Waals surface area (Å²) in [7, 11) is 0. The Morgan fingerprint density at radius 1 is 1.04 bits per heavy atom. The van der Waals surface area contributed by atoms with E-state index in [-0.39, 0.29) is 12.5 Å². The molecule has 0 saturated heterocycles. The predicted octanol–water partition coefficient (Wildman–Crippen LogP) is 1.39. The number of ether oxygens (including phenoxy) is 2. The van der Waals surface area contributed by atoms with Crippen LogP contribution in [-0.4, -0.2) is 36.2 Å². The van der Waals surface area contributed by atoms with E-state index in [9.17, 15) is 14.4 Å². The summed E-state index contributed by atoms with van der Waals surface area (Å²) in [5.41, 5.74) is 0.845. The number of hydrogen-bond donors (Lipinski definition) is 3. The Kier molecular flexibility index (Phi) is 5.36. The molecule has 1 aliphatic rings. The summed E-state index contributed by atoms with van der Waals surface area (Å²) in [4.78, 5) is 35.4. The maximum absolute atomic E-state index is 12.4. The fourth-order valence-corrected chi connectivity index (χ4v) is 2.36. The number of carbonyl (C=O) groups excluding carboxylic acids is 2. The van der Waals surface area contributed by atoms with Gasteiger partial charge in [0.25, 0.3) is 11.8 Å². The number of benzene rings is 2. The van der Waals surface area contributed by atoms with Gasteiger partial charge in [0.1, 0.15) is 12.2 Å². The van der Waals surface area contributed by atoms with E-state index in [4.69, 9.17) is 14.6 Å². The molecule has 3 N–H and O–H groups in total. The first-order chi connectivity index (χ1) is 13.0. The van der Waals surface area contributed by atoms with Gasteiger partial charge in [-0.2, -0.15) is 0 Å². The molecule has 2 amide bonds. The Morgan fingerprint density at radius 2 is 1.78 bits per heavy atom. The molecule has 2 aromatic rings. The number of carboxylic acids is 1. The van der Waals surface area contributed by atoms with Crippen LogP contribution in [0.25, 0.3) is 6.08 Å². The van der Waals surface area contributed by atoms with Gasteiger partial charge in [0, 0.05) is 5.56 Å². The number of aliphatic carboxylic acids is 1. The molecule has 1 aliphatic heterocycles. The van der Waals surface area contributed by atoms with Gasteiger partial charge in [-0.05, 0) is 35.9 Å². The number of hydrogen-bond acceptors (Lipinski definition) is 5. The summed E-state index contributed by atoms with van der Waals surface area (Å²) in [5, 5.41) is 13.5. The molecule has 2 aromatic carbocycles. The van der Waals surface area contributed by atoms with E-state index in [1.807, 2.05) is 0 Å². The van der Waals surface area contributed by atoms with Crippen LogP contribution in [0.3, 0.4) is 0 Å². The minimum absolute atomic E-state index is 0.0935. The van der Waals surface area contributed by atoms with Crippen LogP contribution in [0.1, 0.15) is 15.9 Å². The second kappa shape index (κ2) is 8.05. The fourth-order valence-electron chi connectivity index (χ4n) is 2.36. The van der Waals surface area contributed by atoms with Gasteiger partial charge >= 0.3 is 5.97 Å². The molecule has 0 unspecified atom stereocenters. The molecule has 27 heavy (non-hydrogen) atoms. The van der Waals surface area contributed by atoms with Crippen LogP contribution in [0, 0.1) is 0 Å². The zero-order valence-corrected chi connectivity index (χ0v) is 14.1. The van der Waals surface area contributed by atoms with Gasteiger partial charge in [-0.15, -0.1) is 0 Å². The van der Waals surface area contributed by atoms with Gasteiger partial charge in [0.2, 0.25) is 6.79 Å². The van der Waals surface area contributed by atoms with Crippen LogP contribution in [0.15, 0.2) is 54.2 Å². The molecule has 0 fully saturated rings. The Balaban J connectivity index is 1.85. The molecule has 0 radical (unpaired) electrons. The molecule has 0 spiro atoms. The highest BCUT2D eigenvalue weighted by molar-refractivity contribution is 6.05. The van der Waals surface area contributed by atoms with E-state index < -0.39 is 24.3 Å². The fraction of sp³-hybridized carbons (Fsp3) is 0.105. The summed E-state index contributed by atoms with van der Waals surface area (Å²) in [6.07, 6.45) is 1.43. The van der Waals surface area contributed by atoms with Crippen molar-refractivity contribution in [1.29, 1.82) is 0 Å². The Morgan fingerprint density at radius 3 is 2.52 bits per heavy atom. The van der Waals surface area contributed by atoms with Crippen LogP contribution in [0.4, 0.5) is 0 Å². The summed E-state index contributed by atoms with van der Waals surface area (Å²) >= 11 is 0. The van der Waals surface area contributed by atoms with Gasteiger partial charge in [0.15, 0.2) is 11.5 Å². The van der Waals surface area contributed by atoms with E-state index in [1.165, 1.54) is 6.08 Å². The maximum Gasteiger partial charge on any atom is 0.322 e. The third-order valence-electron chi connectivity index (χ3n) is 3.64. The van der Waals surface area contributed by atoms with E-state index in [2.05, 4.69) is 10.6 Å². The molecular formula is C19H16N2O6. The van der Waals surface area contributed by atoms with Gasteiger partial charge in [-0.1, -0.05) is 24.3 Å². The van der Waals surface area contributed by atoms with Crippen LogP contribution in [0.2, 0.25) is 0 Å². The zero-order valence-electron chi connectivity index (χ0n) is 14.1. The predicted molar refractivity (Wildman–Crippen MR) is 95.1 cm³/mol. The largest absolute Gasteiger partial charge is 0.480 e. The Hall–Kier alpha value is -3.81.